The van der Waals surface area contributed by atoms with Crippen LogP contribution in [0, 0.1) is 0 Å². The minimum absolute atomic E-state index is 0.0880. The van der Waals surface area contributed by atoms with Gasteiger partial charge >= 0.3 is 0 Å². The number of rotatable bonds is 4. The average Bonchev–Trinajstić information content (AvgIpc) is 2.55. The van der Waals surface area contributed by atoms with Crippen LogP contribution in [0.15, 0.2) is 42.7 Å². The number of nitrogens with zero attached hydrogens (tertiary/aromatic N) is 1. The Hall–Kier alpha value is -2.56. The van der Waals surface area contributed by atoms with Gasteiger partial charge in [0.05, 0.1) is 0 Å². The van der Waals surface area contributed by atoms with Crippen molar-refractivity contribution in [3.63, 3.8) is 0 Å². The molecule has 1 aliphatic heterocycles. The van der Waals surface area contributed by atoms with Crippen LogP contribution in [-0.4, -0.2) is 30.6 Å². The molecular formula is C16H16N2O3. The highest BCUT2D eigenvalue weighted by Gasteiger charge is 2.11. The van der Waals surface area contributed by atoms with Gasteiger partial charge in [-0.1, -0.05) is 6.07 Å². The largest absolute Gasteiger partial charge is 0.486 e. The molecule has 3 rings (SSSR count). The molecule has 0 aliphatic carbocycles. The van der Waals surface area contributed by atoms with Gasteiger partial charge < -0.3 is 14.8 Å². The molecule has 0 bridgehead atoms. The van der Waals surface area contributed by atoms with Gasteiger partial charge in [-0.3, -0.25) is 9.78 Å². The molecule has 0 fully saturated rings. The van der Waals surface area contributed by atoms with Gasteiger partial charge in [0.2, 0.25) is 0 Å². The highest BCUT2D eigenvalue weighted by atomic mass is 16.6. The molecule has 0 saturated heterocycles. The zero-order chi connectivity index (χ0) is 14.5. The van der Waals surface area contributed by atoms with Crippen molar-refractivity contribution < 1.29 is 14.3 Å². The smallest absolute Gasteiger partial charge is 0.251 e. The first kappa shape index (κ1) is 13.4. The van der Waals surface area contributed by atoms with Crippen molar-refractivity contribution in [2.75, 3.05) is 19.8 Å². The van der Waals surface area contributed by atoms with E-state index >= 15 is 0 Å². The fourth-order valence-corrected chi connectivity index (χ4v) is 2.17. The molecule has 5 heteroatoms. The quantitative estimate of drug-likeness (QED) is 0.930. The van der Waals surface area contributed by atoms with Crippen LogP contribution in [0.25, 0.3) is 0 Å². The normalized spacial score (nSPS) is 12.8. The van der Waals surface area contributed by atoms with Crippen molar-refractivity contribution in [2.24, 2.45) is 0 Å². The second-order valence-electron chi connectivity index (χ2n) is 4.72. The maximum Gasteiger partial charge on any atom is 0.251 e. The minimum atomic E-state index is -0.0880. The summed E-state index contributed by atoms with van der Waals surface area (Å²) >= 11 is 0. The first-order valence-corrected chi connectivity index (χ1v) is 6.90. The van der Waals surface area contributed by atoms with Crippen molar-refractivity contribution in [2.45, 2.75) is 6.42 Å². The summed E-state index contributed by atoms with van der Waals surface area (Å²) in [7, 11) is 0. The third-order valence-electron chi connectivity index (χ3n) is 3.25. The van der Waals surface area contributed by atoms with Gasteiger partial charge in [-0.2, -0.15) is 0 Å². The molecule has 108 valence electrons. The Kier molecular flexibility index (Phi) is 4.00. The lowest BCUT2D eigenvalue weighted by molar-refractivity contribution is 0.0954. The van der Waals surface area contributed by atoms with E-state index in [1.807, 2.05) is 18.2 Å². The van der Waals surface area contributed by atoms with Crippen LogP contribution >= 0.6 is 0 Å². The summed E-state index contributed by atoms with van der Waals surface area (Å²) < 4.78 is 11.0. The molecular weight excluding hydrogens is 268 g/mol. The Morgan fingerprint density at radius 1 is 1.10 bits per heavy atom. The molecule has 1 aromatic heterocycles. The zero-order valence-corrected chi connectivity index (χ0v) is 11.5. The van der Waals surface area contributed by atoms with Gasteiger partial charge in [-0.25, -0.2) is 0 Å². The fourth-order valence-electron chi connectivity index (χ4n) is 2.17. The van der Waals surface area contributed by atoms with Crippen LogP contribution in [0.4, 0.5) is 0 Å². The van der Waals surface area contributed by atoms with E-state index in [9.17, 15) is 4.79 Å². The molecule has 1 aliphatic rings. The second kappa shape index (κ2) is 6.26. The van der Waals surface area contributed by atoms with Crippen LogP contribution in [-0.2, 0) is 6.42 Å². The molecule has 5 nitrogen and oxygen atoms in total. The molecule has 1 aromatic carbocycles. The lowest BCUT2D eigenvalue weighted by Crippen LogP contribution is -2.25. The van der Waals surface area contributed by atoms with Crippen molar-refractivity contribution in [3.8, 4) is 11.5 Å². The molecule has 0 spiro atoms. The van der Waals surface area contributed by atoms with E-state index in [2.05, 4.69) is 10.3 Å². The average molecular weight is 284 g/mol. The molecule has 2 heterocycles. The van der Waals surface area contributed by atoms with Crippen LogP contribution in [0.2, 0.25) is 0 Å². The Labute approximate surface area is 122 Å². The van der Waals surface area contributed by atoms with Crippen molar-refractivity contribution in [3.05, 3.63) is 53.9 Å². The van der Waals surface area contributed by atoms with E-state index in [4.69, 9.17) is 9.47 Å². The molecule has 0 atom stereocenters. The second-order valence-corrected chi connectivity index (χ2v) is 4.72. The number of hydrogen-bond donors (Lipinski definition) is 1. The highest BCUT2D eigenvalue weighted by Crippen LogP contribution is 2.30. The number of fused-ring (bicyclic) bond motifs is 1. The third-order valence-corrected chi connectivity index (χ3v) is 3.25. The number of nitrogens with one attached hydrogen (secondary N) is 1. The molecule has 1 N–H and O–H groups in total. The number of ether oxygens (including phenoxy) is 2. The highest BCUT2D eigenvalue weighted by molar-refractivity contribution is 5.93. The number of carbonyl (C=O) groups is 1. The van der Waals surface area contributed by atoms with Crippen molar-refractivity contribution in [1.82, 2.24) is 10.3 Å². The van der Waals surface area contributed by atoms with Gasteiger partial charge in [0, 0.05) is 24.5 Å². The van der Waals surface area contributed by atoms with E-state index in [1.54, 1.807) is 24.5 Å². The first-order chi connectivity index (χ1) is 10.3. The lowest BCUT2D eigenvalue weighted by Gasteiger charge is -2.18. The van der Waals surface area contributed by atoms with Gasteiger partial charge in [-0.15, -0.1) is 0 Å². The maximum atomic E-state index is 11.9. The van der Waals surface area contributed by atoms with Crippen molar-refractivity contribution in [1.29, 1.82) is 0 Å². The van der Waals surface area contributed by atoms with Crippen LogP contribution in [0.3, 0.4) is 0 Å². The number of benzene rings is 1. The number of carbonyl (C=O) groups excluding carboxylic acids is 1. The van der Waals surface area contributed by atoms with E-state index in [1.165, 1.54) is 0 Å². The molecule has 0 saturated carbocycles. The summed E-state index contributed by atoms with van der Waals surface area (Å²) in [5.41, 5.74) is 1.72. The van der Waals surface area contributed by atoms with Crippen LogP contribution in [0.1, 0.15) is 15.9 Å². The van der Waals surface area contributed by atoms with Crippen LogP contribution < -0.4 is 14.8 Å². The number of aromatic nitrogens is 1. The standard InChI is InChI=1S/C16H16N2O3/c19-16(13-4-6-17-7-5-13)18-8-3-12-1-2-14-15(11-12)21-10-9-20-14/h1-2,4-7,11H,3,8-10H2,(H,18,19). The van der Waals surface area contributed by atoms with Gasteiger partial charge in [-0.05, 0) is 36.2 Å². The molecule has 0 radical (unpaired) electrons. The number of hydrogen-bond acceptors (Lipinski definition) is 4. The summed E-state index contributed by atoms with van der Waals surface area (Å²) in [5, 5.41) is 2.89. The monoisotopic (exact) mass is 284 g/mol. The summed E-state index contributed by atoms with van der Waals surface area (Å²) in [6.45, 7) is 1.74. The summed E-state index contributed by atoms with van der Waals surface area (Å²) in [6.07, 6.45) is 3.96. The van der Waals surface area contributed by atoms with E-state index in [0.717, 1.165) is 23.5 Å². The van der Waals surface area contributed by atoms with Gasteiger partial charge in [0.25, 0.3) is 5.91 Å². The summed E-state index contributed by atoms with van der Waals surface area (Å²) in [6, 6.07) is 9.26. The first-order valence-electron chi connectivity index (χ1n) is 6.90. The Morgan fingerprint density at radius 3 is 2.67 bits per heavy atom. The predicted molar refractivity (Wildman–Crippen MR) is 77.7 cm³/mol. The number of amides is 1. The summed E-state index contributed by atoms with van der Waals surface area (Å²) in [4.78, 5) is 15.8. The van der Waals surface area contributed by atoms with E-state index in [-0.39, 0.29) is 5.91 Å². The van der Waals surface area contributed by atoms with Gasteiger partial charge in [0.15, 0.2) is 11.5 Å². The predicted octanol–water partition coefficient (Wildman–Crippen LogP) is 1.83. The fraction of sp³-hybridized carbons (Fsp3) is 0.250. The SMILES string of the molecule is O=C(NCCc1ccc2c(c1)OCCO2)c1ccncc1. The molecule has 1 amide bonds. The topological polar surface area (TPSA) is 60.5 Å². The summed E-state index contributed by atoms with van der Waals surface area (Å²) in [5.74, 6) is 1.47. The molecule has 21 heavy (non-hydrogen) atoms. The maximum absolute atomic E-state index is 11.9. The third kappa shape index (κ3) is 3.31. The van der Waals surface area contributed by atoms with Crippen molar-refractivity contribution >= 4 is 5.91 Å². The molecule has 0 unspecified atom stereocenters. The Morgan fingerprint density at radius 2 is 1.86 bits per heavy atom. The zero-order valence-electron chi connectivity index (χ0n) is 11.5. The lowest BCUT2D eigenvalue weighted by atomic mass is 10.1. The minimum Gasteiger partial charge on any atom is -0.486 e. The molecule has 2 aromatic rings. The van der Waals surface area contributed by atoms with Gasteiger partial charge in [0.1, 0.15) is 13.2 Å². The van der Waals surface area contributed by atoms with E-state index in [0.29, 0.717) is 25.3 Å². The van der Waals surface area contributed by atoms with E-state index < -0.39 is 0 Å². The Bertz CT molecular complexity index is 629. The number of pyridine rings is 1. The Balaban J connectivity index is 1.55. The van der Waals surface area contributed by atoms with Crippen LogP contribution in [0.5, 0.6) is 11.5 Å².